The second kappa shape index (κ2) is 8.20. The Labute approximate surface area is 148 Å². The third-order valence-corrected chi connectivity index (χ3v) is 5.72. The van der Waals surface area contributed by atoms with E-state index in [1.807, 2.05) is 53.1 Å². The van der Waals surface area contributed by atoms with Crippen LogP contribution in [0.5, 0.6) is 0 Å². The molecule has 0 aliphatic carbocycles. The largest absolute Gasteiger partial charge is 0.338 e. The maximum atomic E-state index is 12.5. The molecule has 0 aromatic heterocycles. The van der Waals surface area contributed by atoms with Crippen molar-refractivity contribution >= 4 is 23.7 Å². The topological polar surface area (TPSA) is 20.3 Å². The average Bonchev–Trinajstić information content (AvgIpc) is 2.87. The molecule has 2 nitrogen and oxygen atoms in total. The van der Waals surface area contributed by atoms with Gasteiger partial charge >= 0.3 is 0 Å². The van der Waals surface area contributed by atoms with E-state index in [1.54, 1.807) is 6.08 Å². The molecule has 1 amide bonds. The van der Waals surface area contributed by atoms with Crippen molar-refractivity contribution < 1.29 is 4.79 Å². The Morgan fingerprint density at radius 3 is 2.62 bits per heavy atom. The molecule has 24 heavy (non-hydrogen) atoms. The highest BCUT2D eigenvalue weighted by atomic mass is 32.2. The van der Waals surface area contributed by atoms with Crippen LogP contribution in [0.3, 0.4) is 0 Å². The average molecular weight is 337 g/mol. The lowest BCUT2D eigenvalue weighted by molar-refractivity contribution is -0.125. The summed E-state index contributed by atoms with van der Waals surface area (Å²) < 4.78 is 0. The first kappa shape index (κ1) is 16.8. The molecule has 2 aromatic carbocycles. The first-order chi connectivity index (χ1) is 11.7. The first-order valence-electron chi connectivity index (χ1n) is 8.43. The Morgan fingerprint density at radius 1 is 1.08 bits per heavy atom. The molecular formula is C21H23NOS. The quantitative estimate of drug-likeness (QED) is 0.756. The van der Waals surface area contributed by atoms with Gasteiger partial charge in [-0.2, -0.15) is 11.8 Å². The minimum Gasteiger partial charge on any atom is -0.338 e. The van der Waals surface area contributed by atoms with Gasteiger partial charge in [0, 0.05) is 30.2 Å². The van der Waals surface area contributed by atoms with Gasteiger partial charge in [-0.15, -0.1) is 0 Å². The minimum atomic E-state index is 0.116. The Hall–Kier alpha value is -2.00. The van der Waals surface area contributed by atoms with Gasteiger partial charge in [0.15, 0.2) is 0 Å². The Balaban J connectivity index is 1.62. The maximum Gasteiger partial charge on any atom is 0.246 e. The van der Waals surface area contributed by atoms with E-state index in [0.29, 0.717) is 5.25 Å². The number of nitrogens with zero attached hydrogens (tertiary/aromatic N) is 1. The zero-order chi connectivity index (χ0) is 16.8. The number of aryl methyl sites for hydroxylation is 1. The lowest BCUT2D eigenvalue weighted by Gasteiger charge is -2.19. The molecule has 2 aromatic rings. The number of hydrogen-bond donors (Lipinski definition) is 0. The highest BCUT2D eigenvalue weighted by Crippen LogP contribution is 2.35. The van der Waals surface area contributed by atoms with Crippen molar-refractivity contribution in [2.45, 2.75) is 18.6 Å². The third kappa shape index (κ3) is 4.30. The minimum absolute atomic E-state index is 0.116. The van der Waals surface area contributed by atoms with Crippen LogP contribution in [0.4, 0.5) is 0 Å². The molecule has 1 unspecified atom stereocenters. The summed E-state index contributed by atoms with van der Waals surface area (Å²) in [5.41, 5.74) is 3.82. The summed E-state index contributed by atoms with van der Waals surface area (Å²) in [6, 6.07) is 18.6. The number of rotatable bonds is 3. The zero-order valence-electron chi connectivity index (χ0n) is 14.0. The molecule has 3 rings (SSSR count). The van der Waals surface area contributed by atoms with E-state index in [9.17, 15) is 4.79 Å². The lowest BCUT2D eigenvalue weighted by Crippen LogP contribution is -2.31. The van der Waals surface area contributed by atoms with Gasteiger partial charge < -0.3 is 4.90 Å². The van der Waals surface area contributed by atoms with Crippen LogP contribution < -0.4 is 0 Å². The van der Waals surface area contributed by atoms with Crippen LogP contribution in [0.25, 0.3) is 6.08 Å². The van der Waals surface area contributed by atoms with E-state index in [0.717, 1.165) is 30.8 Å². The highest BCUT2D eigenvalue weighted by Gasteiger charge is 2.21. The summed E-state index contributed by atoms with van der Waals surface area (Å²) in [4.78, 5) is 14.4. The summed E-state index contributed by atoms with van der Waals surface area (Å²) in [6.07, 6.45) is 4.62. The molecule has 0 bridgehead atoms. The normalized spacial score (nSPS) is 18.5. The van der Waals surface area contributed by atoms with Crippen LogP contribution >= 0.6 is 11.8 Å². The van der Waals surface area contributed by atoms with Crippen molar-refractivity contribution in [2.24, 2.45) is 0 Å². The molecule has 1 saturated heterocycles. The van der Waals surface area contributed by atoms with Crippen molar-refractivity contribution in [3.63, 3.8) is 0 Å². The van der Waals surface area contributed by atoms with Crippen LogP contribution in [0.2, 0.25) is 0 Å². The SMILES string of the molecule is Cc1ccccc1C1CCN(C(=O)C=Cc2ccccc2)CCS1. The maximum absolute atomic E-state index is 12.5. The number of carbonyl (C=O) groups excluding carboxylic acids is 1. The van der Waals surface area contributed by atoms with Crippen molar-refractivity contribution in [1.29, 1.82) is 0 Å². The van der Waals surface area contributed by atoms with E-state index < -0.39 is 0 Å². The highest BCUT2D eigenvalue weighted by molar-refractivity contribution is 7.99. The van der Waals surface area contributed by atoms with E-state index >= 15 is 0 Å². The van der Waals surface area contributed by atoms with Gasteiger partial charge in [-0.25, -0.2) is 0 Å². The standard InChI is InChI=1S/C21H23NOS/c1-17-7-5-6-10-19(17)20-13-14-22(15-16-24-20)21(23)12-11-18-8-3-2-4-9-18/h2-12,20H,13-16H2,1H3. The van der Waals surface area contributed by atoms with Crippen LogP contribution in [-0.4, -0.2) is 29.6 Å². The smallest absolute Gasteiger partial charge is 0.246 e. The number of amides is 1. The van der Waals surface area contributed by atoms with E-state index in [-0.39, 0.29) is 5.91 Å². The number of hydrogen-bond acceptors (Lipinski definition) is 2. The fraction of sp³-hybridized carbons (Fsp3) is 0.286. The fourth-order valence-electron chi connectivity index (χ4n) is 3.02. The molecule has 3 heteroatoms. The summed E-state index contributed by atoms with van der Waals surface area (Å²) >= 11 is 1.97. The summed E-state index contributed by atoms with van der Waals surface area (Å²) in [5.74, 6) is 1.11. The Morgan fingerprint density at radius 2 is 1.83 bits per heavy atom. The van der Waals surface area contributed by atoms with Gasteiger partial charge in [0.25, 0.3) is 0 Å². The van der Waals surface area contributed by atoms with Crippen molar-refractivity contribution in [2.75, 3.05) is 18.8 Å². The van der Waals surface area contributed by atoms with Gasteiger partial charge in [0.2, 0.25) is 5.91 Å². The monoisotopic (exact) mass is 337 g/mol. The van der Waals surface area contributed by atoms with Gasteiger partial charge in [-0.05, 0) is 36.1 Å². The predicted octanol–water partition coefficient (Wildman–Crippen LogP) is 4.72. The molecule has 0 saturated carbocycles. The van der Waals surface area contributed by atoms with Crippen molar-refractivity contribution in [1.82, 2.24) is 4.90 Å². The van der Waals surface area contributed by atoms with E-state index in [2.05, 4.69) is 31.2 Å². The zero-order valence-corrected chi connectivity index (χ0v) is 14.8. The van der Waals surface area contributed by atoms with Crippen LogP contribution in [0.1, 0.15) is 28.4 Å². The van der Waals surface area contributed by atoms with Gasteiger partial charge in [-0.1, -0.05) is 54.6 Å². The van der Waals surface area contributed by atoms with Gasteiger partial charge in [0.1, 0.15) is 0 Å². The molecule has 124 valence electrons. The van der Waals surface area contributed by atoms with E-state index in [1.165, 1.54) is 11.1 Å². The molecule has 1 fully saturated rings. The van der Waals surface area contributed by atoms with Crippen molar-refractivity contribution in [3.05, 3.63) is 77.4 Å². The van der Waals surface area contributed by atoms with Crippen LogP contribution in [0.15, 0.2) is 60.7 Å². The first-order valence-corrected chi connectivity index (χ1v) is 9.48. The van der Waals surface area contributed by atoms with Gasteiger partial charge in [0.05, 0.1) is 0 Å². The summed E-state index contributed by atoms with van der Waals surface area (Å²) in [6.45, 7) is 3.82. The Kier molecular flexibility index (Phi) is 5.76. The summed E-state index contributed by atoms with van der Waals surface area (Å²) in [7, 11) is 0. The summed E-state index contributed by atoms with van der Waals surface area (Å²) in [5, 5.41) is 0.488. The second-order valence-electron chi connectivity index (χ2n) is 6.07. The molecule has 0 spiro atoms. The molecule has 0 radical (unpaired) electrons. The third-order valence-electron chi connectivity index (χ3n) is 4.41. The second-order valence-corrected chi connectivity index (χ2v) is 7.38. The Bertz CT molecular complexity index is 711. The number of thioether (sulfide) groups is 1. The van der Waals surface area contributed by atoms with Crippen molar-refractivity contribution in [3.8, 4) is 0 Å². The molecule has 1 aliphatic heterocycles. The van der Waals surface area contributed by atoms with Crippen LogP contribution in [-0.2, 0) is 4.79 Å². The molecule has 1 heterocycles. The van der Waals surface area contributed by atoms with E-state index in [4.69, 9.17) is 0 Å². The van der Waals surface area contributed by atoms with Gasteiger partial charge in [-0.3, -0.25) is 4.79 Å². The van der Waals surface area contributed by atoms with Crippen LogP contribution in [0, 0.1) is 6.92 Å². The molecule has 1 aliphatic rings. The fourth-order valence-corrected chi connectivity index (χ4v) is 4.35. The predicted molar refractivity (Wildman–Crippen MR) is 103 cm³/mol. The number of carbonyl (C=O) groups is 1. The molecular weight excluding hydrogens is 314 g/mol. The molecule has 1 atom stereocenters. The molecule has 0 N–H and O–H groups in total. The number of benzene rings is 2. The lowest BCUT2D eigenvalue weighted by atomic mass is 10.0.